The van der Waals surface area contributed by atoms with Crippen molar-refractivity contribution in [1.82, 2.24) is 4.57 Å². The fourth-order valence-electron chi connectivity index (χ4n) is 3.65. The maximum absolute atomic E-state index is 13.0. The lowest BCUT2D eigenvalue weighted by atomic mass is 10.00. The number of carbonyl (C=O) groups excluding carboxylic acids is 1. The molecule has 6 heteroatoms. The van der Waals surface area contributed by atoms with Gasteiger partial charge in [0.25, 0.3) is 5.56 Å². The maximum Gasteiger partial charge on any atom is 0.271 e. The molecule has 0 amide bonds. The number of hydrogen-bond acceptors (Lipinski definition) is 5. The first kappa shape index (κ1) is 24.2. The summed E-state index contributed by atoms with van der Waals surface area (Å²) in [6.07, 6.45) is 3.63. The quantitative estimate of drug-likeness (QED) is 0.428. The van der Waals surface area contributed by atoms with E-state index in [0.29, 0.717) is 12.2 Å². The van der Waals surface area contributed by atoms with E-state index in [4.69, 9.17) is 4.74 Å². The zero-order chi connectivity index (χ0) is 23.1. The number of rotatable bonds is 10. The molecule has 0 bridgehead atoms. The Morgan fingerprint density at radius 1 is 1.23 bits per heavy atom. The van der Waals surface area contributed by atoms with Gasteiger partial charge in [-0.15, -0.1) is 0 Å². The van der Waals surface area contributed by atoms with Crippen molar-refractivity contribution in [2.45, 2.75) is 72.8 Å². The summed E-state index contributed by atoms with van der Waals surface area (Å²) in [4.78, 5) is 25.7. The van der Waals surface area contributed by atoms with E-state index in [1.54, 1.807) is 0 Å². The highest BCUT2D eigenvalue weighted by molar-refractivity contribution is 6.01. The second-order valence-corrected chi connectivity index (χ2v) is 8.24. The normalized spacial score (nSPS) is 10.9. The molecule has 0 unspecified atom stereocenters. The average Bonchev–Trinajstić information content (AvgIpc) is 2.71. The Labute approximate surface area is 184 Å². The van der Waals surface area contributed by atoms with E-state index < -0.39 is 11.3 Å². The molecule has 0 fully saturated rings. The summed E-state index contributed by atoms with van der Waals surface area (Å²) in [6.45, 7) is 9.60. The average molecular weight is 425 g/mol. The zero-order valence-corrected chi connectivity index (χ0v) is 19.1. The summed E-state index contributed by atoms with van der Waals surface area (Å²) in [5.74, 6) is -0.0186. The van der Waals surface area contributed by atoms with Gasteiger partial charge in [-0.2, -0.15) is 5.26 Å². The van der Waals surface area contributed by atoms with Crippen LogP contribution in [0.4, 0.5) is 0 Å². The molecule has 0 radical (unpaired) electrons. The molecule has 1 heterocycles. The highest BCUT2D eigenvalue weighted by Crippen LogP contribution is 2.28. The smallest absolute Gasteiger partial charge is 0.271 e. The molecule has 31 heavy (non-hydrogen) atoms. The number of unbranched alkanes of at least 4 members (excludes halogenated alkanes) is 3. The summed E-state index contributed by atoms with van der Waals surface area (Å²) in [6, 6.07) is 7.75. The third kappa shape index (κ3) is 5.55. The van der Waals surface area contributed by atoms with Crippen molar-refractivity contribution in [2.75, 3.05) is 6.61 Å². The van der Waals surface area contributed by atoms with Crippen molar-refractivity contribution >= 4 is 5.78 Å². The van der Waals surface area contributed by atoms with Crippen molar-refractivity contribution < 1.29 is 14.6 Å². The summed E-state index contributed by atoms with van der Waals surface area (Å²) in [5.41, 5.74) is 1.49. The van der Waals surface area contributed by atoms with Gasteiger partial charge in [0.2, 0.25) is 11.7 Å². The van der Waals surface area contributed by atoms with Crippen LogP contribution in [0.15, 0.2) is 23.0 Å². The Balaban J connectivity index is 2.37. The Hall–Kier alpha value is -3.07. The van der Waals surface area contributed by atoms with Crippen LogP contribution in [0.2, 0.25) is 0 Å². The number of ketones is 1. The molecule has 1 aromatic carbocycles. The minimum absolute atomic E-state index is 0.0228. The van der Waals surface area contributed by atoms with Gasteiger partial charge in [-0.3, -0.25) is 14.2 Å². The lowest BCUT2D eigenvalue weighted by Gasteiger charge is -2.17. The molecule has 2 rings (SSSR count). The Morgan fingerprint density at radius 2 is 1.94 bits per heavy atom. The standard InChI is InChI=1S/C25H32N2O4/c1-6-7-8-9-12-27-24(29)20(14-26)18(5)23(25(27)30)21(28)15-31-22-13-17(4)10-11-19(22)16(2)3/h10-11,13,16,30H,6-9,12,15H2,1-5H3. The van der Waals surface area contributed by atoms with Gasteiger partial charge >= 0.3 is 0 Å². The van der Waals surface area contributed by atoms with Crippen molar-refractivity contribution in [3.63, 3.8) is 0 Å². The van der Waals surface area contributed by atoms with Crippen LogP contribution < -0.4 is 10.3 Å². The number of ether oxygens (including phenoxy) is 1. The SMILES string of the molecule is CCCCCCn1c(O)c(C(=O)COc2cc(C)ccc2C(C)C)c(C)c(C#N)c1=O. The largest absolute Gasteiger partial charge is 0.494 e. The number of benzene rings is 1. The van der Waals surface area contributed by atoms with Gasteiger partial charge < -0.3 is 9.84 Å². The van der Waals surface area contributed by atoms with Crippen molar-refractivity contribution in [3.05, 3.63) is 56.4 Å². The highest BCUT2D eigenvalue weighted by atomic mass is 16.5. The second-order valence-electron chi connectivity index (χ2n) is 8.24. The van der Waals surface area contributed by atoms with Crippen LogP contribution in [0.3, 0.4) is 0 Å². The maximum atomic E-state index is 13.0. The number of carbonyl (C=O) groups is 1. The second kappa shape index (κ2) is 10.8. The summed E-state index contributed by atoms with van der Waals surface area (Å²) in [7, 11) is 0. The van der Waals surface area contributed by atoms with Crippen LogP contribution >= 0.6 is 0 Å². The Morgan fingerprint density at radius 3 is 2.55 bits per heavy atom. The number of nitriles is 1. The number of pyridine rings is 1. The Bertz CT molecular complexity index is 1040. The minimum Gasteiger partial charge on any atom is -0.494 e. The van der Waals surface area contributed by atoms with Crippen molar-refractivity contribution in [1.29, 1.82) is 5.26 Å². The number of aryl methyl sites for hydroxylation is 1. The van der Waals surface area contributed by atoms with Gasteiger partial charge in [0.05, 0.1) is 5.56 Å². The topological polar surface area (TPSA) is 92.3 Å². The molecule has 166 valence electrons. The summed E-state index contributed by atoms with van der Waals surface area (Å²) >= 11 is 0. The molecule has 0 spiro atoms. The monoisotopic (exact) mass is 424 g/mol. The lowest BCUT2D eigenvalue weighted by Crippen LogP contribution is -2.28. The zero-order valence-electron chi connectivity index (χ0n) is 19.1. The molecule has 0 atom stereocenters. The van der Waals surface area contributed by atoms with E-state index in [9.17, 15) is 20.0 Å². The predicted molar refractivity (Wildman–Crippen MR) is 121 cm³/mol. The van der Waals surface area contributed by atoms with Gasteiger partial charge in [-0.25, -0.2) is 0 Å². The molecule has 1 aromatic heterocycles. The van der Waals surface area contributed by atoms with Gasteiger partial charge in [-0.05, 0) is 48.9 Å². The van der Waals surface area contributed by atoms with Crippen LogP contribution in [-0.4, -0.2) is 22.1 Å². The third-order valence-corrected chi connectivity index (χ3v) is 5.46. The third-order valence-electron chi connectivity index (χ3n) is 5.46. The molecule has 0 saturated heterocycles. The fourth-order valence-corrected chi connectivity index (χ4v) is 3.65. The van der Waals surface area contributed by atoms with Gasteiger partial charge in [0, 0.05) is 6.54 Å². The van der Waals surface area contributed by atoms with Crippen LogP contribution in [0.1, 0.15) is 85.0 Å². The highest BCUT2D eigenvalue weighted by Gasteiger charge is 2.24. The summed E-state index contributed by atoms with van der Waals surface area (Å²) < 4.78 is 6.97. The van der Waals surface area contributed by atoms with Gasteiger partial charge in [-0.1, -0.05) is 52.2 Å². The molecule has 0 saturated carbocycles. The van der Waals surface area contributed by atoms with E-state index in [-0.39, 0.29) is 41.6 Å². The van der Waals surface area contributed by atoms with Crippen LogP contribution in [0, 0.1) is 25.2 Å². The fraction of sp³-hybridized carbons (Fsp3) is 0.480. The first-order valence-electron chi connectivity index (χ1n) is 10.9. The van der Waals surface area contributed by atoms with Crippen molar-refractivity contribution in [2.24, 2.45) is 0 Å². The number of Topliss-reactive ketones (excluding diaryl/α,β-unsaturated/α-hetero) is 1. The molecule has 0 aliphatic carbocycles. The van der Waals surface area contributed by atoms with E-state index in [1.165, 1.54) is 6.92 Å². The molecule has 0 aliphatic heterocycles. The molecule has 6 nitrogen and oxygen atoms in total. The number of aromatic hydroxyl groups is 1. The van der Waals surface area contributed by atoms with Crippen LogP contribution in [0.25, 0.3) is 0 Å². The molecular weight excluding hydrogens is 392 g/mol. The number of hydrogen-bond donors (Lipinski definition) is 1. The van der Waals surface area contributed by atoms with Crippen LogP contribution in [-0.2, 0) is 6.54 Å². The first-order chi connectivity index (χ1) is 14.7. The van der Waals surface area contributed by atoms with E-state index in [0.717, 1.165) is 35.0 Å². The van der Waals surface area contributed by atoms with Crippen molar-refractivity contribution in [3.8, 4) is 17.7 Å². The predicted octanol–water partition coefficient (Wildman–Crippen LogP) is 5.01. The molecular formula is C25H32N2O4. The lowest BCUT2D eigenvalue weighted by molar-refractivity contribution is 0.0915. The first-order valence-corrected chi connectivity index (χ1v) is 10.9. The molecule has 1 N–H and O–H groups in total. The summed E-state index contributed by atoms with van der Waals surface area (Å²) in [5, 5.41) is 20.2. The molecule has 2 aromatic rings. The molecule has 0 aliphatic rings. The van der Waals surface area contributed by atoms with Gasteiger partial charge in [0.15, 0.2) is 6.61 Å². The van der Waals surface area contributed by atoms with E-state index >= 15 is 0 Å². The number of nitrogens with zero attached hydrogens (tertiary/aromatic N) is 2. The number of aromatic nitrogens is 1. The van der Waals surface area contributed by atoms with E-state index in [1.807, 2.05) is 45.0 Å². The minimum atomic E-state index is -0.563. The van der Waals surface area contributed by atoms with Gasteiger partial charge in [0.1, 0.15) is 17.4 Å². The van der Waals surface area contributed by atoms with E-state index in [2.05, 4.69) is 6.92 Å². The van der Waals surface area contributed by atoms with Crippen LogP contribution in [0.5, 0.6) is 11.6 Å². The Kier molecular flexibility index (Phi) is 8.44.